The van der Waals surface area contributed by atoms with E-state index in [0.717, 1.165) is 24.7 Å². The minimum Gasteiger partial charge on any atom is -0.393 e. The number of carbonyl (C=O) groups is 1. The Balaban J connectivity index is 1.78. The maximum atomic E-state index is 12.2. The third kappa shape index (κ3) is 3.91. The van der Waals surface area contributed by atoms with Gasteiger partial charge in [0.1, 0.15) is 0 Å². The topological polar surface area (TPSA) is 55.1 Å². The zero-order chi connectivity index (χ0) is 13.8. The molecule has 0 bridgehead atoms. The molecule has 19 heavy (non-hydrogen) atoms. The Bertz CT molecular complexity index is 345. The third-order valence-electron chi connectivity index (χ3n) is 4.98. The predicted octanol–water partition coefficient (Wildman–Crippen LogP) is 2.63. The van der Waals surface area contributed by atoms with Gasteiger partial charge < -0.3 is 11.1 Å². The van der Waals surface area contributed by atoms with Gasteiger partial charge in [0, 0.05) is 18.4 Å². The van der Waals surface area contributed by atoms with Crippen LogP contribution in [-0.2, 0) is 4.79 Å². The highest BCUT2D eigenvalue weighted by Gasteiger charge is 2.34. The molecular formula is C15H26N2OS. The number of carbonyl (C=O) groups excluding carboxylic acids is 1. The van der Waals surface area contributed by atoms with E-state index < -0.39 is 0 Å². The molecule has 1 amide bonds. The maximum absolute atomic E-state index is 12.2. The van der Waals surface area contributed by atoms with Crippen molar-refractivity contribution in [3.63, 3.8) is 0 Å². The molecule has 2 rings (SSSR count). The van der Waals surface area contributed by atoms with Gasteiger partial charge in [-0.3, -0.25) is 4.79 Å². The van der Waals surface area contributed by atoms with Crippen molar-refractivity contribution in [3.05, 3.63) is 0 Å². The van der Waals surface area contributed by atoms with Crippen LogP contribution in [0.1, 0.15) is 51.9 Å². The molecule has 4 unspecified atom stereocenters. The first-order valence-corrected chi connectivity index (χ1v) is 8.05. The molecule has 2 fully saturated rings. The summed E-state index contributed by atoms with van der Waals surface area (Å²) in [6.45, 7) is 2.54. The molecule has 3 N–H and O–H groups in total. The van der Waals surface area contributed by atoms with Gasteiger partial charge in [-0.2, -0.15) is 0 Å². The van der Waals surface area contributed by atoms with Crippen molar-refractivity contribution in [2.45, 2.75) is 51.9 Å². The Kier molecular flexibility index (Phi) is 5.20. The molecule has 0 aromatic rings. The minimum atomic E-state index is 0.0879. The molecule has 0 aromatic carbocycles. The average Bonchev–Trinajstić information content (AvgIpc) is 2.43. The standard InChI is InChI=1S/C15H26N2OS/c1-10(14(16)19)9-17-15(18)13-7-6-11-4-2-3-5-12(11)8-13/h10-13H,2-9H2,1H3,(H2,16,19)(H,17,18). The van der Waals surface area contributed by atoms with Crippen LogP contribution in [0.3, 0.4) is 0 Å². The predicted molar refractivity (Wildman–Crippen MR) is 81.7 cm³/mol. The lowest BCUT2D eigenvalue weighted by atomic mass is 9.67. The van der Waals surface area contributed by atoms with E-state index in [1.54, 1.807) is 0 Å². The minimum absolute atomic E-state index is 0.0879. The van der Waals surface area contributed by atoms with E-state index in [2.05, 4.69) is 5.32 Å². The van der Waals surface area contributed by atoms with Crippen molar-refractivity contribution in [1.82, 2.24) is 5.32 Å². The smallest absolute Gasteiger partial charge is 0.223 e. The Hall–Kier alpha value is -0.640. The van der Waals surface area contributed by atoms with Crippen LogP contribution in [0, 0.1) is 23.7 Å². The van der Waals surface area contributed by atoms with Crippen LogP contribution < -0.4 is 11.1 Å². The summed E-state index contributed by atoms with van der Waals surface area (Å²) in [6.07, 6.45) is 8.87. The zero-order valence-corrected chi connectivity index (χ0v) is 12.7. The molecule has 108 valence electrons. The second-order valence-electron chi connectivity index (χ2n) is 6.36. The maximum Gasteiger partial charge on any atom is 0.223 e. The second kappa shape index (κ2) is 6.69. The molecule has 0 saturated heterocycles. The molecule has 2 aliphatic carbocycles. The van der Waals surface area contributed by atoms with E-state index in [1.807, 2.05) is 6.92 Å². The van der Waals surface area contributed by atoms with Crippen LogP contribution in [0.5, 0.6) is 0 Å². The lowest BCUT2D eigenvalue weighted by molar-refractivity contribution is -0.127. The van der Waals surface area contributed by atoms with Crippen molar-refractivity contribution in [2.75, 3.05) is 6.54 Å². The number of thiocarbonyl (C=S) groups is 1. The highest BCUT2D eigenvalue weighted by atomic mass is 32.1. The molecule has 0 heterocycles. The quantitative estimate of drug-likeness (QED) is 0.779. The third-order valence-corrected chi connectivity index (χ3v) is 5.38. The Labute approximate surface area is 121 Å². The molecule has 2 aliphatic rings. The summed E-state index contributed by atoms with van der Waals surface area (Å²) in [5, 5.41) is 3.02. The number of fused-ring (bicyclic) bond motifs is 1. The fourth-order valence-corrected chi connectivity index (χ4v) is 3.69. The SMILES string of the molecule is CC(CNC(=O)C1CCC2CCCCC2C1)C(N)=S. The Morgan fingerprint density at radius 1 is 1.26 bits per heavy atom. The van der Waals surface area contributed by atoms with E-state index in [0.29, 0.717) is 11.5 Å². The summed E-state index contributed by atoms with van der Waals surface area (Å²) in [4.78, 5) is 12.7. The largest absolute Gasteiger partial charge is 0.393 e. The number of nitrogens with two attached hydrogens (primary N) is 1. The summed E-state index contributed by atoms with van der Waals surface area (Å²) in [6, 6.07) is 0. The van der Waals surface area contributed by atoms with Gasteiger partial charge in [0.05, 0.1) is 4.99 Å². The van der Waals surface area contributed by atoms with Gasteiger partial charge in [0.15, 0.2) is 0 Å². The Morgan fingerprint density at radius 2 is 1.95 bits per heavy atom. The fraction of sp³-hybridized carbons (Fsp3) is 0.867. The summed E-state index contributed by atoms with van der Waals surface area (Å²) in [5.41, 5.74) is 5.57. The van der Waals surface area contributed by atoms with E-state index in [9.17, 15) is 4.79 Å². The molecule has 0 aromatic heterocycles. The van der Waals surface area contributed by atoms with E-state index in [1.165, 1.54) is 32.1 Å². The van der Waals surface area contributed by atoms with Crippen LogP contribution in [0.15, 0.2) is 0 Å². The van der Waals surface area contributed by atoms with Crippen molar-refractivity contribution in [3.8, 4) is 0 Å². The first-order chi connectivity index (χ1) is 9.08. The molecule has 0 radical (unpaired) electrons. The zero-order valence-electron chi connectivity index (χ0n) is 11.9. The lowest BCUT2D eigenvalue weighted by Crippen LogP contribution is -2.40. The molecule has 0 aliphatic heterocycles. The first-order valence-electron chi connectivity index (χ1n) is 7.65. The van der Waals surface area contributed by atoms with Gasteiger partial charge in [-0.15, -0.1) is 0 Å². The number of nitrogens with one attached hydrogen (secondary N) is 1. The summed E-state index contributed by atoms with van der Waals surface area (Å²) >= 11 is 4.93. The van der Waals surface area contributed by atoms with Crippen molar-refractivity contribution >= 4 is 23.1 Å². The van der Waals surface area contributed by atoms with Gasteiger partial charge in [0.25, 0.3) is 0 Å². The highest BCUT2D eigenvalue weighted by molar-refractivity contribution is 7.80. The van der Waals surface area contributed by atoms with Crippen molar-refractivity contribution in [2.24, 2.45) is 29.4 Å². The van der Waals surface area contributed by atoms with Crippen LogP contribution in [0.2, 0.25) is 0 Å². The molecule has 0 spiro atoms. The first kappa shape index (κ1) is 14.8. The molecule has 3 nitrogen and oxygen atoms in total. The lowest BCUT2D eigenvalue weighted by Gasteiger charge is -2.38. The molecular weight excluding hydrogens is 256 g/mol. The van der Waals surface area contributed by atoms with E-state index in [4.69, 9.17) is 18.0 Å². The monoisotopic (exact) mass is 282 g/mol. The molecule has 2 saturated carbocycles. The van der Waals surface area contributed by atoms with Crippen LogP contribution in [0.4, 0.5) is 0 Å². The van der Waals surface area contributed by atoms with Crippen LogP contribution >= 0.6 is 12.2 Å². The number of rotatable bonds is 4. The fourth-order valence-electron chi connectivity index (χ4n) is 3.61. The van der Waals surface area contributed by atoms with Crippen molar-refractivity contribution in [1.29, 1.82) is 0 Å². The summed E-state index contributed by atoms with van der Waals surface area (Å²) in [5.74, 6) is 2.22. The number of hydrogen-bond acceptors (Lipinski definition) is 2. The number of hydrogen-bond donors (Lipinski definition) is 2. The van der Waals surface area contributed by atoms with Gasteiger partial charge in [-0.1, -0.05) is 44.8 Å². The van der Waals surface area contributed by atoms with Gasteiger partial charge >= 0.3 is 0 Å². The Morgan fingerprint density at radius 3 is 2.63 bits per heavy atom. The normalized spacial score (nSPS) is 32.2. The number of amides is 1. The van der Waals surface area contributed by atoms with Gasteiger partial charge in [-0.25, -0.2) is 0 Å². The average molecular weight is 282 g/mol. The summed E-state index contributed by atoms with van der Waals surface area (Å²) in [7, 11) is 0. The second-order valence-corrected chi connectivity index (χ2v) is 6.83. The van der Waals surface area contributed by atoms with Crippen molar-refractivity contribution < 1.29 is 4.79 Å². The molecule has 4 atom stereocenters. The van der Waals surface area contributed by atoms with Crippen LogP contribution in [-0.4, -0.2) is 17.4 Å². The van der Waals surface area contributed by atoms with Gasteiger partial charge in [0.2, 0.25) is 5.91 Å². The molecule has 4 heteroatoms. The highest BCUT2D eigenvalue weighted by Crippen LogP contribution is 2.42. The van der Waals surface area contributed by atoms with Gasteiger partial charge in [-0.05, 0) is 31.1 Å². The van der Waals surface area contributed by atoms with E-state index >= 15 is 0 Å². The van der Waals surface area contributed by atoms with Crippen LogP contribution in [0.25, 0.3) is 0 Å². The summed E-state index contributed by atoms with van der Waals surface area (Å²) < 4.78 is 0. The van der Waals surface area contributed by atoms with E-state index in [-0.39, 0.29) is 17.7 Å².